The van der Waals surface area contributed by atoms with Crippen LogP contribution < -0.4 is 4.90 Å². The summed E-state index contributed by atoms with van der Waals surface area (Å²) in [5.74, 6) is -0.554. The smallest absolute Gasteiger partial charge is 0.337 e. The van der Waals surface area contributed by atoms with Crippen molar-refractivity contribution < 1.29 is 14.3 Å². The molecule has 0 atom stereocenters. The minimum absolute atomic E-state index is 0.00753. The Labute approximate surface area is 170 Å². The topological polar surface area (TPSA) is 46.6 Å². The van der Waals surface area contributed by atoms with E-state index >= 15 is 0 Å². The molecule has 0 aliphatic heterocycles. The number of esters is 1. The Kier molecular flexibility index (Phi) is 11.5. The third kappa shape index (κ3) is 6.84. The summed E-state index contributed by atoms with van der Waals surface area (Å²) in [6, 6.07) is 13.4. The first-order valence-electron chi connectivity index (χ1n) is 9.91. The second-order valence-electron chi connectivity index (χ2n) is 6.18. The lowest BCUT2D eigenvalue weighted by molar-refractivity contribution is -0.121. The number of methoxy groups -OCH3 is 1. The molecule has 0 saturated carbocycles. The summed E-state index contributed by atoms with van der Waals surface area (Å²) < 4.78 is 4.85. The number of hydrogen-bond acceptors (Lipinski definition) is 3. The Morgan fingerprint density at radius 1 is 0.893 bits per heavy atom. The van der Waals surface area contributed by atoms with E-state index in [1.54, 1.807) is 24.1 Å². The van der Waals surface area contributed by atoms with Gasteiger partial charge in [0.2, 0.25) is 5.91 Å². The molecule has 28 heavy (non-hydrogen) atoms. The van der Waals surface area contributed by atoms with Crippen molar-refractivity contribution in [3.05, 3.63) is 53.6 Å². The standard InChI is InChI=1S/C20H23NO3.2C2H6/c1-13(2)19(22)21(4)18-11-16(10-17(12-18)20(23)24-5)15-8-6-14(3)7-9-15;2*1-2/h6-13H,1-5H3;2*1-2H3. The van der Waals surface area contributed by atoms with Gasteiger partial charge in [-0.1, -0.05) is 71.4 Å². The highest BCUT2D eigenvalue weighted by Gasteiger charge is 2.18. The SMILES string of the molecule is CC.CC.COC(=O)c1cc(-c2ccc(C)cc2)cc(N(C)C(=O)C(C)C)c1. The number of rotatable bonds is 4. The lowest BCUT2D eigenvalue weighted by Gasteiger charge is -2.21. The van der Waals surface area contributed by atoms with Crippen LogP contribution in [0, 0.1) is 12.8 Å². The molecule has 0 spiro atoms. The van der Waals surface area contributed by atoms with Crippen molar-refractivity contribution in [3.8, 4) is 11.1 Å². The summed E-state index contributed by atoms with van der Waals surface area (Å²) in [5, 5.41) is 0. The largest absolute Gasteiger partial charge is 0.465 e. The number of hydrogen-bond donors (Lipinski definition) is 0. The maximum absolute atomic E-state index is 12.3. The molecule has 0 unspecified atom stereocenters. The van der Waals surface area contributed by atoms with E-state index in [-0.39, 0.29) is 11.8 Å². The van der Waals surface area contributed by atoms with Crippen LogP contribution in [-0.2, 0) is 9.53 Å². The number of amides is 1. The average molecular weight is 386 g/mol. The van der Waals surface area contributed by atoms with Gasteiger partial charge in [0.05, 0.1) is 12.7 Å². The maximum atomic E-state index is 12.3. The Morgan fingerprint density at radius 3 is 1.89 bits per heavy atom. The van der Waals surface area contributed by atoms with E-state index in [0.717, 1.165) is 16.7 Å². The molecule has 4 heteroatoms. The van der Waals surface area contributed by atoms with Crippen molar-refractivity contribution in [1.82, 2.24) is 0 Å². The first kappa shape index (κ1) is 25.4. The molecule has 4 nitrogen and oxygen atoms in total. The summed E-state index contributed by atoms with van der Waals surface area (Å²) in [6.07, 6.45) is 0. The predicted molar refractivity (Wildman–Crippen MR) is 119 cm³/mol. The van der Waals surface area contributed by atoms with Crippen LogP contribution in [0.1, 0.15) is 57.5 Å². The van der Waals surface area contributed by atoms with Gasteiger partial charge in [-0.2, -0.15) is 0 Å². The van der Waals surface area contributed by atoms with Crippen molar-refractivity contribution in [3.63, 3.8) is 0 Å². The van der Waals surface area contributed by atoms with Gasteiger partial charge in [0.25, 0.3) is 0 Å². The van der Waals surface area contributed by atoms with Crippen LogP contribution >= 0.6 is 0 Å². The third-order valence-corrected chi connectivity index (χ3v) is 3.94. The molecule has 0 saturated heterocycles. The second kappa shape index (κ2) is 12.7. The van der Waals surface area contributed by atoms with Crippen LogP contribution in [-0.4, -0.2) is 26.0 Å². The Hall–Kier alpha value is -2.62. The molecule has 0 heterocycles. The first-order chi connectivity index (χ1) is 13.3. The fourth-order valence-electron chi connectivity index (χ4n) is 2.47. The highest BCUT2D eigenvalue weighted by molar-refractivity contribution is 5.98. The van der Waals surface area contributed by atoms with Gasteiger partial charge in [0.1, 0.15) is 0 Å². The lowest BCUT2D eigenvalue weighted by atomic mass is 10.0. The molecule has 2 aromatic carbocycles. The summed E-state index contributed by atoms with van der Waals surface area (Å²) in [4.78, 5) is 25.9. The van der Waals surface area contributed by atoms with Crippen LogP contribution in [0.15, 0.2) is 42.5 Å². The zero-order valence-corrected chi connectivity index (χ0v) is 18.8. The molecular weight excluding hydrogens is 350 g/mol. The van der Waals surface area contributed by atoms with E-state index in [9.17, 15) is 9.59 Å². The van der Waals surface area contributed by atoms with Crippen LogP contribution in [0.3, 0.4) is 0 Å². The molecular formula is C24H35NO3. The lowest BCUT2D eigenvalue weighted by Crippen LogP contribution is -2.30. The van der Waals surface area contributed by atoms with E-state index in [4.69, 9.17) is 4.74 Å². The normalized spacial score (nSPS) is 9.50. The van der Waals surface area contributed by atoms with Gasteiger partial charge in [-0.05, 0) is 36.2 Å². The van der Waals surface area contributed by atoms with Gasteiger partial charge in [0.15, 0.2) is 0 Å². The molecule has 154 valence electrons. The number of carbonyl (C=O) groups excluding carboxylic acids is 2. The number of carbonyl (C=O) groups is 2. The Bertz CT molecular complexity index is 749. The fourth-order valence-corrected chi connectivity index (χ4v) is 2.47. The number of benzene rings is 2. The summed E-state index contributed by atoms with van der Waals surface area (Å²) in [6.45, 7) is 13.7. The maximum Gasteiger partial charge on any atom is 0.337 e. The van der Waals surface area contributed by atoms with Gasteiger partial charge in [0, 0.05) is 18.7 Å². The second-order valence-corrected chi connectivity index (χ2v) is 6.18. The van der Waals surface area contributed by atoms with Crippen molar-refractivity contribution in [1.29, 1.82) is 0 Å². The number of anilines is 1. The fraction of sp³-hybridized carbons (Fsp3) is 0.417. The molecule has 0 fully saturated rings. The van der Waals surface area contributed by atoms with Crippen molar-refractivity contribution in [2.75, 3.05) is 19.1 Å². The number of ether oxygens (including phenoxy) is 1. The molecule has 2 aromatic rings. The Morgan fingerprint density at radius 2 is 1.43 bits per heavy atom. The van der Waals surface area contributed by atoms with Gasteiger partial charge in [-0.25, -0.2) is 4.79 Å². The molecule has 0 N–H and O–H groups in total. The minimum Gasteiger partial charge on any atom is -0.465 e. The number of aryl methyl sites for hydroxylation is 1. The third-order valence-electron chi connectivity index (χ3n) is 3.94. The van der Waals surface area contributed by atoms with Gasteiger partial charge in [-0.15, -0.1) is 0 Å². The molecule has 0 aliphatic rings. The summed E-state index contributed by atoms with van der Waals surface area (Å²) in [7, 11) is 3.07. The van der Waals surface area contributed by atoms with E-state index in [1.165, 1.54) is 7.11 Å². The number of nitrogens with zero attached hydrogens (tertiary/aromatic N) is 1. The highest BCUT2D eigenvalue weighted by Crippen LogP contribution is 2.28. The van der Waals surface area contributed by atoms with Crippen molar-refractivity contribution in [2.24, 2.45) is 5.92 Å². The van der Waals surface area contributed by atoms with Crippen LogP contribution in [0.2, 0.25) is 0 Å². The zero-order chi connectivity index (χ0) is 21.9. The highest BCUT2D eigenvalue weighted by atomic mass is 16.5. The molecule has 0 bridgehead atoms. The van der Waals surface area contributed by atoms with Gasteiger partial charge < -0.3 is 9.64 Å². The van der Waals surface area contributed by atoms with E-state index in [2.05, 4.69) is 0 Å². The summed E-state index contributed by atoms with van der Waals surface area (Å²) >= 11 is 0. The zero-order valence-electron chi connectivity index (χ0n) is 18.8. The monoisotopic (exact) mass is 385 g/mol. The quantitative estimate of drug-likeness (QED) is 0.596. The van der Waals surface area contributed by atoms with Crippen LogP contribution in [0.5, 0.6) is 0 Å². The molecule has 1 amide bonds. The van der Waals surface area contributed by atoms with E-state index in [0.29, 0.717) is 11.3 Å². The first-order valence-corrected chi connectivity index (χ1v) is 9.91. The summed E-state index contributed by atoms with van der Waals surface area (Å²) in [5.41, 5.74) is 4.12. The molecule has 0 aromatic heterocycles. The molecule has 0 radical (unpaired) electrons. The van der Waals surface area contributed by atoms with E-state index in [1.807, 2.05) is 78.8 Å². The predicted octanol–water partition coefficient (Wildman–Crippen LogP) is 6.12. The van der Waals surface area contributed by atoms with E-state index < -0.39 is 5.97 Å². The van der Waals surface area contributed by atoms with Crippen molar-refractivity contribution in [2.45, 2.75) is 48.5 Å². The van der Waals surface area contributed by atoms with Crippen LogP contribution in [0.25, 0.3) is 11.1 Å². The van der Waals surface area contributed by atoms with Crippen LogP contribution in [0.4, 0.5) is 5.69 Å². The van der Waals surface area contributed by atoms with Crippen molar-refractivity contribution >= 4 is 17.6 Å². The molecule has 2 rings (SSSR count). The van der Waals surface area contributed by atoms with Gasteiger partial charge in [-0.3, -0.25) is 4.79 Å². The Balaban J connectivity index is 0.00000171. The average Bonchev–Trinajstić information content (AvgIpc) is 2.75. The minimum atomic E-state index is -0.421. The molecule has 0 aliphatic carbocycles. The van der Waals surface area contributed by atoms with Gasteiger partial charge >= 0.3 is 5.97 Å².